The third-order valence-electron chi connectivity index (χ3n) is 3.58. The normalized spacial score (nSPS) is 15.4. The predicted molar refractivity (Wildman–Crippen MR) is 110 cm³/mol. The van der Waals surface area contributed by atoms with Crippen molar-refractivity contribution in [1.82, 2.24) is 9.97 Å². The number of benzene rings is 2. The van der Waals surface area contributed by atoms with Crippen LogP contribution in [0.25, 0.3) is 6.08 Å². The van der Waals surface area contributed by atoms with Crippen molar-refractivity contribution in [2.45, 2.75) is 13.7 Å². The Bertz CT molecular complexity index is 1360. The van der Waals surface area contributed by atoms with Gasteiger partial charge in [0.2, 0.25) is 5.95 Å². The van der Waals surface area contributed by atoms with Gasteiger partial charge in [-0.1, -0.05) is 0 Å². The molecule has 0 atom stereocenters. The molecule has 3 rings (SSSR count). The van der Waals surface area contributed by atoms with Crippen molar-refractivity contribution in [2.24, 2.45) is 0 Å². The molecule has 0 aliphatic rings. The molecule has 6 nitrogen and oxygen atoms in total. The molecule has 28 heavy (non-hydrogen) atoms. The highest BCUT2D eigenvalue weighted by atomic mass is 15.1. The van der Waals surface area contributed by atoms with E-state index in [9.17, 15) is 0 Å². The first kappa shape index (κ1) is 10.9. The number of nitrogens with one attached hydrogen (secondary N) is 2. The average molecular weight is 374 g/mol. The lowest BCUT2D eigenvalue weighted by Gasteiger charge is -2.14. The van der Waals surface area contributed by atoms with Crippen LogP contribution in [-0.4, -0.2) is 9.97 Å². The summed E-state index contributed by atoms with van der Waals surface area (Å²) in [6, 6.07) is 12.0. The van der Waals surface area contributed by atoms with E-state index in [-0.39, 0.29) is 34.1 Å². The molecule has 6 heteroatoms. The van der Waals surface area contributed by atoms with E-state index in [1.807, 2.05) is 6.07 Å². The van der Waals surface area contributed by atoms with Gasteiger partial charge < -0.3 is 10.6 Å². The number of nitrogens with zero attached hydrogens (tertiary/aromatic N) is 4. The first-order valence-electron chi connectivity index (χ1n) is 12.0. The lowest BCUT2D eigenvalue weighted by molar-refractivity contribution is 1.16. The largest absolute Gasteiger partial charge is 0.340 e. The fourth-order valence-electron chi connectivity index (χ4n) is 2.31. The predicted octanol–water partition coefficient (Wildman–Crippen LogP) is 4.99. The van der Waals surface area contributed by atoms with Gasteiger partial charge in [-0.05, 0) is 78.9 Å². The molecule has 0 fully saturated rings. The zero-order valence-corrected chi connectivity index (χ0v) is 14.4. The quantitative estimate of drug-likeness (QED) is 0.611. The third kappa shape index (κ3) is 4.51. The molecule has 2 N–H and O–H groups in total. The second-order valence-corrected chi connectivity index (χ2v) is 5.53. The Hall–Kier alpha value is -4.16. The number of hydrogen-bond donors (Lipinski definition) is 2. The van der Waals surface area contributed by atoms with Crippen LogP contribution in [0.3, 0.4) is 0 Å². The summed E-state index contributed by atoms with van der Waals surface area (Å²) in [5.74, 6) is -0.398. The summed E-state index contributed by atoms with van der Waals surface area (Å²) >= 11 is 0. The van der Waals surface area contributed by atoms with E-state index in [2.05, 4.69) is 20.6 Å². The monoisotopic (exact) mass is 374 g/mol. The summed E-state index contributed by atoms with van der Waals surface area (Å²) in [4.78, 5) is 8.05. The minimum absolute atomic E-state index is 0.109. The second-order valence-electron chi connectivity index (χ2n) is 5.53. The maximum atomic E-state index is 8.93. The number of rotatable bonds is 5. The molecule has 0 spiro atoms. The van der Waals surface area contributed by atoms with Crippen LogP contribution in [0.5, 0.6) is 0 Å². The Labute approximate surface area is 175 Å². The average Bonchev–Trinajstić information content (AvgIpc) is 2.80. The van der Waals surface area contributed by atoms with Gasteiger partial charge in [0.25, 0.3) is 0 Å². The molecule has 1 aromatic heterocycles. The van der Waals surface area contributed by atoms with Crippen molar-refractivity contribution in [2.75, 3.05) is 10.6 Å². The van der Waals surface area contributed by atoms with E-state index in [4.69, 9.17) is 21.5 Å². The summed E-state index contributed by atoms with van der Waals surface area (Å²) < 4.78 is 63.9. The van der Waals surface area contributed by atoms with Crippen LogP contribution in [-0.2, 0) is 0 Å². The van der Waals surface area contributed by atoms with E-state index in [0.29, 0.717) is 11.3 Å². The Morgan fingerprint density at radius 3 is 2.50 bits per heavy atom. The second kappa shape index (κ2) is 8.48. The minimum Gasteiger partial charge on any atom is -0.340 e. The highest BCUT2D eigenvalue weighted by Crippen LogP contribution is 2.26. The maximum absolute atomic E-state index is 8.93. The molecule has 3 aromatic rings. The molecular weight excluding hydrogens is 348 g/mol. The third-order valence-corrected chi connectivity index (χ3v) is 3.58. The number of allylic oxidation sites excluding steroid dienone is 1. The summed E-state index contributed by atoms with van der Waals surface area (Å²) in [6.45, 7) is -5.52. The topological polar surface area (TPSA) is 97.4 Å². The van der Waals surface area contributed by atoms with Crippen molar-refractivity contribution >= 4 is 29.2 Å². The van der Waals surface area contributed by atoms with Crippen LogP contribution in [0.2, 0.25) is 0 Å². The molecule has 0 radical (unpaired) electrons. The van der Waals surface area contributed by atoms with Gasteiger partial charge in [0.1, 0.15) is 5.82 Å². The first-order valence-corrected chi connectivity index (χ1v) is 7.98. The minimum atomic E-state index is -2.76. The van der Waals surface area contributed by atoms with Crippen molar-refractivity contribution in [1.29, 1.82) is 10.5 Å². The molecule has 2 aromatic carbocycles. The van der Waals surface area contributed by atoms with E-state index < -0.39 is 25.9 Å². The van der Waals surface area contributed by atoms with Gasteiger partial charge in [-0.2, -0.15) is 15.5 Å². The Morgan fingerprint density at radius 1 is 1.11 bits per heavy atom. The summed E-state index contributed by atoms with van der Waals surface area (Å²) in [7, 11) is 0. The van der Waals surface area contributed by atoms with Gasteiger partial charge in [-0.3, -0.25) is 0 Å². The number of anilines is 4. The number of nitriles is 2. The summed E-state index contributed by atoms with van der Waals surface area (Å²) in [5, 5.41) is 23.2. The maximum Gasteiger partial charge on any atom is 0.229 e. The molecule has 136 valence electrons. The molecular formula is C22H18N6. The van der Waals surface area contributed by atoms with Crippen molar-refractivity contribution < 1.29 is 11.0 Å². The molecule has 0 amide bonds. The number of aryl methyl sites for hydroxylation is 2. The van der Waals surface area contributed by atoms with Gasteiger partial charge in [-0.25, -0.2) is 4.98 Å². The van der Waals surface area contributed by atoms with E-state index in [1.165, 1.54) is 18.2 Å². The van der Waals surface area contributed by atoms with E-state index >= 15 is 0 Å². The fraction of sp³-hybridized carbons (Fsp3) is 0.0909. The van der Waals surface area contributed by atoms with Gasteiger partial charge in [0, 0.05) is 31.8 Å². The van der Waals surface area contributed by atoms with Crippen molar-refractivity contribution in [3.05, 3.63) is 76.9 Å². The molecule has 0 saturated heterocycles. The SMILES string of the molecule is [2H]c1nc(Nc2ccc(C#N)cc2)nc(Nc2c(C([2H])([2H])[2H])cc(/C=C/C#N)cc2C([2H])([2H])[2H])c1[2H]. The smallest absolute Gasteiger partial charge is 0.229 e. The molecule has 1 heterocycles. The van der Waals surface area contributed by atoms with Crippen LogP contribution < -0.4 is 10.6 Å². The summed E-state index contributed by atoms with van der Waals surface area (Å²) in [6.07, 6.45) is 1.88. The highest BCUT2D eigenvalue weighted by Gasteiger charge is 2.07. The van der Waals surface area contributed by atoms with Crippen LogP contribution in [0.15, 0.2) is 54.7 Å². The number of aromatic nitrogens is 2. The van der Waals surface area contributed by atoms with Crippen molar-refractivity contribution in [3.63, 3.8) is 0 Å². The van der Waals surface area contributed by atoms with Crippen LogP contribution >= 0.6 is 0 Å². The van der Waals surface area contributed by atoms with E-state index in [1.54, 1.807) is 30.3 Å². The summed E-state index contributed by atoms with van der Waals surface area (Å²) in [5.41, 5.74) is 0.0725. The first-order chi connectivity index (χ1) is 16.8. The Kier molecular flexibility index (Phi) is 3.29. The molecule has 0 aliphatic carbocycles. The van der Waals surface area contributed by atoms with E-state index in [0.717, 1.165) is 6.08 Å². The van der Waals surface area contributed by atoms with Crippen LogP contribution in [0, 0.1) is 36.4 Å². The zero-order valence-electron chi connectivity index (χ0n) is 22.4. The van der Waals surface area contributed by atoms with Gasteiger partial charge in [-0.15, -0.1) is 0 Å². The van der Waals surface area contributed by atoms with Gasteiger partial charge in [0.05, 0.1) is 20.4 Å². The van der Waals surface area contributed by atoms with Gasteiger partial charge in [0.15, 0.2) is 0 Å². The van der Waals surface area contributed by atoms with Gasteiger partial charge >= 0.3 is 0 Å². The standard InChI is InChI=1S/C22H18N6/c1-15-12-18(4-3-10-23)13-16(2)21(15)27-20-9-11-25-22(28-20)26-19-7-5-17(14-24)6-8-19/h3-9,11-13H,1-2H3,(H2,25,26,27,28)/b4-3+/i1D3,2D3,9D,11D. The van der Waals surface area contributed by atoms with Crippen LogP contribution in [0.4, 0.5) is 23.1 Å². The molecule has 0 bridgehead atoms. The lowest BCUT2D eigenvalue weighted by Crippen LogP contribution is -2.02. The zero-order chi connectivity index (χ0) is 26.7. The fourth-order valence-corrected chi connectivity index (χ4v) is 2.31. The lowest BCUT2D eigenvalue weighted by atomic mass is 10.0. The highest BCUT2D eigenvalue weighted by molar-refractivity contribution is 5.69. The Morgan fingerprint density at radius 2 is 1.86 bits per heavy atom. The van der Waals surface area contributed by atoms with Crippen LogP contribution in [0.1, 0.15) is 33.2 Å². The molecule has 0 saturated carbocycles. The molecule has 0 aliphatic heterocycles. The van der Waals surface area contributed by atoms with Crippen molar-refractivity contribution in [3.8, 4) is 12.1 Å². The Balaban J connectivity index is 2.15. The number of hydrogen-bond acceptors (Lipinski definition) is 6. The molecule has 0 unspecified atom stereocenters.